The number of rotatable bonds is 4. The fraction of sp³-hybridized carbons (Fsp3) is 0.533. The van der Waals surface area contributed by atoms with Crippen molar-refractivity contribution in [3.8, 4) is 0 Å². The molecule has 3 rings (SSSR count). The van der Waals surface area contributed by atoms with E-state index in [1.807, 2.05) is 18.0 Å². The van der Waals surface area contributed by atoms with Gasteiger partial charge >= 0.3 is 0 Å². The van der Waals surface area contributed by atoms with E-state index in [0.717, 1.165) is 43.1 Å². The second kappa shape index (κ2) is 5.71. The first kappa shape index (κ1) is 13.9. The van der Waals surface area contributed by atoms with Crippen LogP contribution in [0.1, 0.15) is 53.5 Å². The third-order valence-corrected chi connectivity index (χ3v) is 3.86. The van der Waals surface area contributed by atoms with Crippen LogP contribution in [-0.4, -0.2) is 39.0 Å². The predicted molar refractivity (Wildman–Crippen MR) is 77.1 cm³/mol. The molecule has 3 heterocycles. The first-order valence-electron chi connectivity index (χ1n) is 7.43. The zero-order valence-electron chi connectivity index (χ0n) is 12.4. The van der Waals surface area contributed by atoms with Crippen molar-refractivity contribution in [3.63, 3.8) is 0 Å². The van der Waals surface area contributed by atoms with Gasteiger partial charge in [-0.3, -0.25) is 4.79 Å². The summed E-state index contributed by atoms with van der Waals surface area (Å²) in [5, 5.41) is 3.89. The van der Waals surface area contributed by atoms with Crippen LogP contribution < -0.4 is 0 Å². The molecule has 0 unspecified atom stereocenters. The summed E-state index contributed by atoms with van der Waals surface area (Å²) in [5.74, 6) is 1.98. The van der Waals surface area contributed by atoms with E-state index < -0.39 is 0 Å². The molecule has 0 aliphatic carbocycles. The zero-order chi connectivity index (χ0) is 14.8. The average Bonchev–Trinajstić information content (AvgIpc) is 3.17. The fourth-order valence-corrected chi connectivity index (χ4v) is 2.75. The van der Waals surface area contributed by atoms with Crippen LogP contribution in [0.15, 0.2) is 16.8 Å². The van der Waals surface area contributed by atoms with Crippen LogP contribution >= 0.6 is 0 Å². The Bertz CT molecular complexity index is 631. The third kappa shape index (κ3) is 2.84. The maximum absolute atomic E-state index is 12.4. The van der Waals surface area contributed by atoms with Crippen molar-refractivity contribution in [1.82, 2.24) is 20.0 Å². The summed E-state index contributed by atoms with van der Waals surface area (Å²) in [5.41, 5.74) is 1.46. The molecule has 112 valence electrons. The molecule has 1 aliphatic heterocycles. The number of H-pyrrole nitrogens is 1. The van der Waals surface area contributed by atoms with Crippen molar-refractivity contribution in [2.45, 2.75) is 39.0 Å². The molecule has 1 N–H and O–H groups in total. The van der Waals surface area contributed by atoms with Gasteiger partial charge in [0.1, 0.15) is 11.6 Å². The second-order valence-electron chi connectivity index (χ2n) is 5.62. The highest BCUT2D eigenvalue weighted by atomic mass is 16.5. The number of aryl methyl sites for hydroxylation is 2. The van der Waals surface area contributed by atoms with E-state index in [0.29, 0.717) is 12.2 Å². The minimum atomic E-state index is -0.0492. The van der Waals surface area contributed by atoms with Crippen LogP contribution in [0, 0.1) is 6.92 Å². The number of likely N-dealkylation sites (tertiary alicyclic amines) is 1. The molecule has 6 nitrogen and oxygen atoms in total. The van der Waals surface area contributed by atoms with E-state index in [4.69, 9.17) is 4.52 Å². The van der Waals surface area contributed by atoms with Crippen molar-refractivity contribution < 1.29 is 9.32 Å². The van der Waals surface area contributed by atoms with Crippen molar-refractivity contribution in [3.05, 3.63) is 35.2 Å². The number of nitrogens with zero attached hydrogens (tertiary/aromatic N) is 3. The normalized spacial score (nSPS) is 18.4. The first-order chi connectivity index (χ1) is 10.2. The highest BCUT2D eigenvalue weighted by Gasteiger charge is 2.30. The quantitative estimate of drug-likeness (QED) is 0.936. The molecule has 2 aromatic rings. The van der Waals surface area contributed by atoms with E-state index in [1.54, 1.807) is 6.07 Å². The van der Waals surface area contributed by atoms with Gasteiger partial charge in [-0.25, -0.2) is 4.98 Å². The van der Waals surface area contributed by atoms with Crippen LogP contribution in [0.25, 0.3) is 0 Å². The monoisotopic (exact) mass is 288 g/mol. The van der Waals surface area contributed by atoms with Crippen LogP contribution in [0.4, 0.5) is 0 Å². The van der Waals surface area contributed by atoms with Gasteiger partial charge in [-0.05, 0) is 19.8 Å². The number of imidazole rings is 1. The fourth-order valence-electron chi connectivity index (χ4n) is 2.75. The molecule has 6 heteroatoms. The molecule has 1 amide bonds. The number of aromatic nitrogens is 3. The molecular weight excluding hydrogens is 268 g/mol. The van der Waals surface area contributed by atoms with E-state index >= 15 is 0 Å². The number of hydrogen-bond donors (Lipinski definition) is 1. The molecule has 21 heavy (non-hydrogen) atoms. The molecule has 1 fully saturated rings. The summed E-state index contributed by atoms with van der Waals surface area (Å²) >= 11 is 0. The highest BCUT2D eigenvalue weighted by Crippen LogP contribution is 2.26. The van der Waals surface area contributed by atoms with E-state index in [2.05, 4.69) is 22.0 Å². The van der Waals surface area contributed by atoms with Crippen LogP contribution in [0.2, 0.25) is 0 Å². The van der Waals surface area contributed by atoms with Crippen molar-refractivity contribution in [2.24, 2.45) is 0 Å². The van der Waals surface area contributed by atoms with E-state index in [1.165, 1.54) is 0 Å². The lowest BCUT2D eigenvalue weighted by atomic mass is 10.1. The maximum Gasteiger partial charge on any atom is 0.276 e. The van der Waals surface area contributed by atoms with Gasteiger partial charge in [-0.2, -0.15) is 0 Å². The SMILES string of the molecule is CCCc1cc(C(=O)N2CC[C@H](c3ncc(C)[nH]3)C2)no1. The molecule has 0 bridgehead atoms. The van der Waals surface area contributed by atoms with Crippen LogP contribution in [0.5, 0.6) is 0 Å². The Hall–Kier alpha value is -2.11. The largest absolute Gasteiger partial charge is 0.361 e. The Morgan fingerprint density at radius 2 is 2.43 bits per heavy atom. The lowest BCUT2D eigenvalue weighted by Gasteiger charge is -2.13. The Kier molecular flexibility index (Phi) is 3.77. The van der Waals surface area contributed by atoms with Gasteiger partial charge in [0.05, 0.1) is 0 Å². The summed E-state index contributed by atoms with van der Waals surface area (Å²) in [7, 11) is 0. The number of aromatic amines is 1. The average molecular weight is 288 g/mol. The number of amides is 1. The Labute approximate surface area is 123 Å². The summed E-state index contributed by atoms with van der Waals surface area (Å²) < 4.78 is 5.18. The van der Waals surface area contributed by atoms with Crippen molar-refractivity contribution >= 4 is 5.91 Å². The molecule has 0 aromatic carbocycles. The van der Waals surface area contributed by atoms with Crippen molar-refractivity contribution in [1.29, 1.82) is 0 Å². The van der Waals surface area contributed by atoms with Gasteiger partial charge < -0.3 is 14.4 Å². The van der Waals surface area contributed by atoms with E-state index in [-0.39, 0.29) is 11.8 Å². The highest BCUT2D eigenvalue weighted by molar-refractivity contribution is 5.92. The number of carbonyl (C=O) groups excluding carboxylic acids is 1. The minimum absolute atomic E-state index is 0.0492. The summed E-state index contributed by atoms with van der Waals surface area (Å²) in [4.78, 5) is 21.9. The lowest BCUT2D eigenvalue weighted by molar-refractivity contribution is 0.0780. The molecule has 2 aromatic heterocycles. The number of nitrogens with one attached hydrogen (secondary N) is 1. The van der Waals surface area contributed by atoms with Gasteiger partial charge in [-0.1, -0.05) is 12.1 Å². The number of carbonyl (C=O) groups is 1. The molecule has 1 aliphatic rings. The first-order valence-corrected chi connectivity index (χ1v) is 7.43. The van der Waals surface area contributed by atoms with Gasteiger partial charge in [0.15, 0.2) is 5.69 Å². The topological polar surface area (TPSA) is 75.0 Å². The Morgan fingerprint density at radius 3 is 3.14 bits per heavy atom. The van der Waals surface area contributed by atoms with Gasteiger partial charge in [-0.15, -0.1) is 0 Å². The minimum Gasteiger partial charge on any atom is -0.361 e. The molecule has 0 spiro atoms. The predicted octanol–water partition coefficient (Wildman–Crippen LogP) is 2.29. The Morgan fingerprint density at radius 1 is 1.57 bits per heavy atom. The van der Waals surface area contributed by atoms with Crippen molar-refractivity contribution in [2.75, 3.05) is 13.1 Å². The van der Waals surface area contributed by atoms with Gasteiger partial charge in [0.25, 0.3) is 5.91 Å². The lowest BCUT2D eigenvalue weighted by Crippen LogP contribution is -2.28. The smallest absolute Gasteiger partial charge is 0.276 e. The summed E-state index contributed by atoms with van der Waals surface area (Å²) in [6.07, 6.45) is 4.55. The van der Waals surface area contributed by atoms with Crippen LogP contribution in [-0.2, 0) is 6.42 Å². The number of hydrogen-bond acceptors (Lipinski definition) is 4. The second-order valence-corrected chi connectivity index (χ2v) is 5.62. The van der Waals surface area contributed by atoms with Crippen LogP contribution in [0.3, 0.4) is 0 Å². The molecule has 1 saturated heterocycles. The van der Waals surface area contributed by atoms with Gasteiger partial charge in [0.2, 0.25) is 0 Å². The zero-order valence-corrected chi connectivity index (χ0v) is 12.4. The third-order valence-electron chi connectivity index (χ3n) is 3.86. The standard InChI is InChI=1S/C15H20N4O2/c1-3-4-12-7-13(18-21-12)15(20)19-6-5-11(9-19)14-16-8-10(2)17-14/h7-8,11H,3-6,9H2,1-2H3,(H,16,17)/t11-/m0/s1. The van der Waals surface area contributed by atoms with Gasteiger partial charge in [0, 0.05) is 43.4 Å². The molecular formula is C15H20N4O2. The molecule has 0 saturated carbocycles. The van der Waals surface area contributed by atoms with E-state index in [9.17, 15) is 4.79 Å². The summed E-state index contributed by atoms with van der Waals surface area (Å²) in [6, 6.07) is 1.76. The Balaban J connectivity index is 1.66. The molecule has 0 radical (unpaired) electrons. The maximum atomic E-state index is 12.4. The molecule has 1 atom stereocenters. The summed E-state index contributed by atoms with van der Waals surface area (Å²) in [6.45, 7) is 5.47.